The third kappa shape index (κ3) is 3.78. The van der Waals surface area contributed by atoms with Crippen molar-refractivity contribution in [2.75, 3.05) is 7.05 Å². The summed E-state index contributed by atoms with van der Waals surface area (Å²) in [4.78, 5) is 2.15. The number of aromatic nitrogens is 2. The van der Waals surface area contributed by atoms with Crippen LogP contribution in [0, 0.1) is 0 Å². The van der Waals surface area contributed by atoms with Gasteiger partial charge in [0.2, 0.25) is 11.8 Å². The molecular weight excluding hydrogens is 310 g/mol. The van der Waals surface area contributed by atoms with Gasteiger partial charge in [-0.3, -0.25) is 4.90 Å². The van der Waals surface area contributed by atoms with Crippen LogP contribution in [-0.2, 0) is 6.54 Å². The minimum Gasteiger partial charge on any atom is -0.419 e. The quantitative estimate of drug-likeness (QED) is 0.687. The molecule has 5 heteroatoms. The van der Waals surface area contributed by atoms with Gasteiger partial charge in [0.15, 0.2) is 0 Å². The molecule has 1 atom stereocenters. The second-order valence-corrected chi connectivity index (χ2v) is 5.97. The van der Waals surface area contributed by atoms with Crippen LogP contribution in [0.5, 0.6) is 0 Å². The molecule has 23 heavy (non-hydrogen) atoms. The molecule has 0 aliphatic heterocycles. The SMILES string of the molecule is CC(c1nnc(-c2ccccc2)o1)N(C)Cc1cccc(Cl)c1. The summed E-state index contributed by atoms with van der Waals surface area (Å²) in [5.74, 6) is 1.15. The normalized spacial score (nSPS) is 12.5. The zero-order chi connectivity index (χ0) is 16.2. The Morgan fingerprint density at radius 2 is 1.87 bits per heavy atom. The van der Waals surface area contributed by atoms with Crippen molar-refractivity contribution in [1.82, 2.24) is 15.1 Å². The van der Waals surface area contributed by atoms with Crippen LogP contribution in [0.1, 0.15) is 24.4 Å². The first-order valence-electron chi connectivity index (χ1n) is 7.47. The molecule has 1 heterocycles. The van der Waals surface area contributed by atoms with E-state index >= 15 is 0 Å². The minimum absolute atomic E-state index is 0.0129. The molecule has 3 aromatic rings. The van der Waals surface area contributed by atoms with Gasteiger partial charge in [-0.2, -0.15) is 0 Å². The van der Waals surface area contributed by atoms with Gasteiger partial charge < -0.3 is 4.42 Å². The number of rotatable bonds is 5. The minimum atomic E-state index is 0.0129. The Labute approximate surface area is 140 Å². The van der Waals surface area contributed by atoms with E-state index in [4.69, 9.17) is 16.0 Å². The van der Waals surface area contributed by atoms with Crippen molar-refractivity contribution in [3.8, 4) is 11.5 Å². The third-order valence-electron chi connectivity index (χ3n) is 3.80. The smallest absolute Gasteiger partial charge is 0.247 e. The average Bonchev–Trinajstić information content (AvgIpc) is 3.05. The third-order valence-corrected chi connectivity index (χ3v) is 4.04. The first kappa shape index (κ1) is 15.7. The molecular formula is C18H18ClN3O. The van der Waals surface area contributed by atoms with Gasteiger partial charge in [-0.05, 0) is 43.8 Å². The maximum atomic E-state index is 6.04. The lowest BCUT2D eigenvalue weighted by atomic mass is 10.2. The molecule has 0 saturated heterocycles. The summed E-state index contributed by atoms with van der Waals surface area (Å²) in [6.45, 7) is 2.80. The first-order chi connectivity index (χ1) is 11.1. The Kier molecular flexibility index (Phi) is 4.74. The van der Waals surface area contributed by atoms with Crippen molar-refractivity contribution in [3.05, 3.63) is 71.1 Å². The largest absolute Gasteiger partial charge is 0.419 e. The van der Waals surface area contributed by atoms with E-state index in [0.29, 0.717) is 11.8 Å². The van der Waals surface area contributed by atoms with E-state index < -0.39 is 0 Å². The molecule has 0 aliphatic rings. The predicted molar refractivity (Wildman–Crippen MR) is 91.1 cm³/mol. The van der Waals surface area contributed by atoms with Gasteiger partial charge in [0, 0.05) is 17.1 Å². The topological polar surface area (TPSA) is 42.2 Å². The summed E-state index contributed by atoms with van der Waals surface area (Å²) in [6.07, 6.45) is 0. The summed E-state index contributed by atoms with van der Waals surface area (Å²) in [7, 11) is 2.03. The highest BCUT2D eigenvalue weighted by Crippen LogP contribution is 2.24. The Balaban J connectivity index is 1.73. The molecule has 0 saturated carbocycles. The predicted octanol–water partition coefficient (Wildman–Crippen LogP) is 4.58. The zero-order valence-corrected chi connectivity index (χ0v) is 13.9. The molecule has 0 spiro atoms. The van der Waals surface area contributed by atoms with E-state index in [-0.39, 0.29) is 6.04 Å². The Bertz CT molecular complexity index is 773. The number of halogens is 1. The lowest BCUT2D eigenvalue weighted by molar-refractivity contribution is 0.218. The van der Waals surface area contributed by atoms with Crippen molar-refractivity contribution in [3.63, 3.8) is 0 Å². The second kappa shape index (κ2) is 6.94. The van der Waals surface area contributed by atoms with Crippen LogP contribution in [0.25, 0.3) is 11.5 Å². The highest BCUT2D eigenvalue weighted by Gasteiger charge is 2.19. The fraction of sp³-hybridized carbons (Fsp3) is 0.222. The van der Waals surface area contributed by atoms with Gasteiger partial charge in [0.1, 0.15) is 0 Å². The molecule has 0 bridgehead atoms. The van der Waals surface area contributed by atoms with Crippen LogP contribution in [0.15, 0.2) is 59.0 Å². The number of hydrogen-bond acceptors (Lipinski definition) is 4. The summed E-state index contributed by atoms with van der Waals surface area (Å²) in [5.41, 5.74) is 2.07. The van der Waals surface area contributed by atoms with Gasteiger partial charge in [0.25, 0.3) is 0 Å². The second-order valence-electron chi connectivity index (χ2n) is 5.53. The summed E-state index contributed by atoms with van der Waals surface area (Å²) < 4.78 is 5.82. The lowest BCUT2D eigenvalue weighted by Gasteiger charge is -2.21. The van der Waals surface area contributed by atoms with Crippen LogP contribution in [0.4, 0.5) is 0 Å². The molecule has 0 fully saturated rings. The molecule has 1 aromatic heterocycles. The van der Waals surface area contributed by atoms with Crippen LogP contribution in [-0.4, -0.2) is 22.1 Å². The monoisotopic (exact) mass is 327 g/mol. The summed E-state index contributed by atoms with van der Waals surface area (Å²) >= 11 is 6.04. The Morgan fingerprint density at radius 3 is 2.61 bits per heavy atom. The number of nitrogens with zero attached hydrogens (tertiary/aromatic N) is 3. The summed E-state index contributed by atoms with van der Waals surface area (Å²) in [6, 6.07) is 17.6. The Morgan fingerprint density at radius 1 is 1.09 bits per heavy atom. The highest BCUT2D eigenvalue weighted by atomic mass is 35.5. The fourth-order valence-corrected chi connectivity index (χ4v) is 2.56. The van der Waals surface area contributed by atoms with Crippen LogP contribution < -0.4 is 0 Å². The molecule has 0 radical (unpaired) electrons. The molecule has 0 amide bonds. The van der Waals surface area contributed by atoms with Crippen LogP contribution in [0.3, 0.4) is 0 Å². The molecule has 2 aromatic carbocycles. The van der Waals surface area contributed by atoms with Crippen molar-refractivity contribution in [2.24, 2.45) is 0 Å². The van der Waals surface area contributed by atoms with Crippen molar-refractivity contribution < 1.29 is 4.42 Å². The molecule has 0 N–H and O–H groups in total. The maximum Gasteiger partial charge on any atom is 0.247 e. The van der Waals surface area contributed by atoms with Crippen molar-refractivity contribution in [2.45, 2.75) is 19.5 Å². The van der Waals surface area contributed by atoms with E-state index in [1.54, 1.807) is 0 Å². The van der Waals surface area contributed by atoms with E-state index in [0.717, 1.165) is 22.7 Å². The lowest BCUT2D eigenvalue weighted by Crippen LogP contribution is -2.22. The molecule has 4 nitrogen and oxygen atoms in total. The van der Waals surface area contributed by atoms with Crippen LogP contribution in [0.2, 0.25) is 5.02 Å². The van der Waals surface area contributed by atoms with Gasteiger partial charge in [-0.25, -0.2) is 0 Å². The van der Waals surface area contributed by atoms with Crippen molar-refractivity contribution >= 4 is 11.6 Å². The number of hydrogen-bond donors (Lipinski definition) is 0. The Hall–Kier alpha value is -2.17. The average molecular weight is 328 g/mol. The number of benzene rings is 2. The van der Waals surface area contributed by atoms with Crippen LogP contribution >= 0.6 is 11.6 Å². The summed E-state index contributed by atoms with van der Waals surface area (Å²) in [5, 5.41) is 9.08. The van der Waals surface area contributed by atoms with Gasteiger partial charge in [0.05, 0.1) is 6.04 Å². The van der Waals surface area contributed by atoms with Gasteiger partial charge >= 0.3 is 0 Å². The van der Waals surface area contributed by atoms with E-state index in [1.165, 1.54) is 0 Å². The zero-order valence-electron chi connectivity index (χ0n) is 13.1. The highest BCUT2D eigenvalue weighted by molar-refractivity contribution is 6.30. The fourth-order valence-electron chi connectivity index (χ4n) is 2.35. The van der Waals surface area contributed by atoms with Gasteiger partial charge in [-0.15, -0.1) is 10.2 Å². The maximum absolute atomic E-state index is 6.04. The first-order valence-corrected chi connectivity index (χ1v) is 7.85. The van der Waals surface area contributed by atoms with E-state index in [1.807, 2.05) is 62.5 Å². The van der Waals surface area contributed by atoms with Gasteiger partial charge in [-0.1, -0.05) is 41.9 Å². The molecule has 1 unspecified atom stereocenters. The molecule has 3 rings (SSSR count). The molecule has 0 aliphatic carbocycles. The van der Waals surface area contributed by atoms with E-state index in [2.05, 4.69) is 21.2 Å². The molecule has 118 valence electrons. The van der Waals surface area contributed by atoms with Crippen molar-refractivity contribution in [1.29, 1.82) is 0 Å². The van der Waals surface area contributed by atoms with E-state index in [9.17, 15) is 0 Å². The standard InChI is InChI=1S/C18H18ClN3O/c1-13(22(2)12-14-7-6-10-16(19)11-14)17-20-21-18(23-17)15-8-4-3-5-9-15/h3-11,13H,12H2,1-2H3.